The van der Waals surface area contributed by atoms with Crippen LogP contribution in [0, 0.1) is 20.8 Å². The molecule has 0 aliphatic heterocycles. The van der Waals surface area contributed by atoms with Crippen LogP contribution in [-0.4, -0.2) is 20.3 Å². The van der Waals surface area contributed by atoms with Crippen molar-refractivity contribution in [3.8, 4) is 28.4 Å². The molecule has 2 N–H and O–H groups in total. The van der Waals surface area contributed by atoms with Gasteiger partial charge in [0.05, 0.1) is 22.1 Å². The van der Waals surface area contributed by atoms with Crippen molar-refractivity contribution in [2.45, 2.75) is 20.8 Å². The highest BCUT2D eigenvalue weighted by atomic mass is 32.1. The minimum Gasteiger partial charge on any atom is -0.507 e. The van der Waals surface area contributed by atoms with Crippen LogP contribution in [0.2, 0.25) is 0 Å². The number of hydrogen-bond acceptors (Lipinski definition) is 4. The van der Waals surface area contributed by atoms with Crippen molar-refractivity contribution in [3.05, 3.63) is 39.7 Å². The van der Waals surface area contributed by atoms with Gasteiger partial charge < -0.3 is 5.11 Å². The van der Waals surface area contributed by atoms with Crippen LogP contribution in [-0.2, 0) is 0 Å². The monoisotopic (exact) mass is 285 g/mol. The lowest BCUT2D eigenvalue weighted by molar-refractivity contribution is 0.476. The normalized spacial score (nSPS) is 10.9. The summed E-state index contributed by atoms with van der Waals surface area (Å²) in [5, 5.41) is 20.4. The molecule has 0 aliphatic rings. The van der Waals surface area contributed by atoms with Crippen LogP contribution in [0.25, 0.3) is 22.6 Å². The molecule has 2 heterocycles. The van der Waals surface area contributed by atoms with E-state index in [9.17, 15) is 5.11 Å². The van der Waals surface area contributed by atoms with Gasteiger partial charge in [-0.05, 0) is 50.1 Å². The Labute approximate surface area is 121 Å². The minimum absolute atomic E-state index is 0.251. The van der Waals surface area contributed by atoms with Crippen molar-refractivity contribution in [2.75, 3.05) is 0 Å². The molecular weight excluding hydrogens is 270 g/mol. The van der Waals surface area contributed by atoms with Crippen molar-refractivity contribution >= 4 is 11.3 Å². The largest absolute Gasteiger partial charge is 0.507 e. The van der Waals surface area contributed by atoms with Crippen molar-refractivity contribution in [1.29, 1.82) is 0 Å². The maximum absolute atomic E-state index is 10.1. The molecule has 0 atom stereocenters. The number of phenolic OH excluding ortho intramolecular Hbond substituents is 1. The topological polar surface area (TPSA) is 61.8 Å². The third kappa shape index (κ3) is 2.20. The lowest BCUT2D eigenvalue weighted by atomic mass is 10.0. The van der Waals surface area contributed by atoms with Gasteiger partial charge in [-0.15, -0.1) is 11.3 Å². The Morgan fingerprint density at radius 2 is 1.80 bits per heavy atom. The van der Waals surface area contributed by atoms with E-state index in [4.69, 9.17) is 0 Å². The summed E-state index contributed by atoms with van der Waals surface area (Å²) in [5.74, 6) is 0.251. The molecule has 1 aromatic carbocycles. The Bertz CT molecular complexity index is 773. The number of aromatic amines is 1. The molecule has 0 spiro atoms. The van der Waals surface area contributed by atoms with Crippen LogP contribution < -0.4 is 0 Å². The SMILES string of the molecule is Cc1nc(-c2cc(-c3cc(C)c(C)cc3O)n[nH]2)cs1. The van der Waals surface area contributed by atoms with Crippen LogP contribution in [0.3, 0.4) is 0 Å². The van der Waals surface area contributed by atoms with Crippen molar-refractivity contribution in [1.82, 2.24) is 15.2 Å². The van der Waals surface area contributed by atoms with E-state index in [1.165, 1.54) is 0 Å². The Kier molecular flexibility index (Phi) is 3.06. The van der Waals surface area contributed by atoms with Crippen LogP contribution in [0.5, 0.6) is 5.75 Å². The molecule has 3 aromatic rings. The highest BCUT2D eigenvalue weighted by molar-refractivity contribution is 7.09. The summed E-state index contributed by atoms with van der Waals surface area (Å²) in [4.78, 5) is 4.43. The fourth-order valence-electron chi connectivity index (χ4n) is 2.08. The Balaban J connectivity index is 2.04. The fraction of sp³-hybridized carbons (Fsp3) is 0.200. The summed E-state index contributed by atoms with van der Waals surface area (Å²) in [6, 6.07) is 5.64. The zero-order valence-electron chi connectivity index (χ0n) is 11.6. The maximum Gasteiger partial charge on any atom is 0.125 e. The molecule has 0 fully saturated rings. The van der Waals surface area contributed by atoms with Crippen molar-refractivity contribution < 1.29 is 5.11 Å². The summed E-state index contributed by atoms with van der Waals surface area (Å²) < 4.78 is 0. The number of aromatic nitrogens is 3. The van der Waals surface area contributed by atoms with E-state index in [1.807, 2.05) is 38.3 Å². The highest BCUT2D eigenvalue weighted by Gasteiger charge is 2.12. The van der Waals surface area contributed by atoms with Gasteiger partial charge in [0.25, 0.3) is 0 Å². The van der Waals surface area contributed by atoms with E-state index < -0.39 is 0 Å². The second-order valence-electron chi connectivity index (χ2n) is 4.87. The first-order valence-electron chi connectivity index (χ1n) is 6.33. The molecule has 0 radical (unpaired) electrons. The average molecular weight is 285 g/mol. The Hall–Kier alpha value is -2.14. The van der Waals surface area contributed by atoms with Gasteiger partial charge in [-0.3, -0.25) is 5.10 Å². The predicted molar refractivity (Wildman–Crippen MR) is 81.0 cm³/mol. The lowest BCUT2D eigenvalue weighted by Crippen LogP contribution is -1.85. The number of nitrogens with zero attached hydrogens (tertiary/aromatic N) is 2. The van der Waals surface area contributed by atoms with E-state index in [0.29, 0.717) is 0 Å². The first-order chi connectivity index (χ1) is 9.54. The average Bonchev–Trinajstić information content (AvgIpc) is 3.02. The molecule has 5 heteroatoms. The third-order valence-corrected chi connectivity index (χ3v) is 4.13. The Morgan fingerprint density at radius 1 is 1.05 bits per heavy atom. The molecule has 102 valence electrons. The molecule has 0 saturated carbocycles. The number of benzene rings is 1. The summed E-state index contributed by atoms with van der Waals surface area (Å²) >= 11 is 1.60. The summed E-state index contributed by atoms with van der Waals surface area (Å²) in [6.45, 7) is 5.98. The number of thiazole rings is 1. The van der Waals surface area contributed by atoms with Gasteiger partial charge >= 0.3 is 0 Å². The van der Waals surface area contributed by atoms with Crippen LogP contribution in [0.4, 0.5) is 0 Å². The van der Waals surface area contributed by atoms with E-state index in [0.717, 1.165) is 38.8 Å². The zero-order chi connectivity index (χ0) is 14.3. The molecular formula is C15H15N3OS. The standard InChI is InChI=1S/C15H15N3OS/c1-8-4-11(15(19)5-9(8)2)12-6-13(18-17-12)14-7-20-10(3)16-14/h4-7,19H,1-3H3,(H,17,18). The first kappa shape index (κ1) is 12.9. The number of rotatable bonds is 2. The summed E-state index contributed by atoms with van der Waals surface area (Å²) in [6.07, 6.45) is 0. The summed E-state index contributed by atoms with van der Waals surface area (Å²) in [7, 11) is 0. The summed E-state index contributed by atoms with van der Waals surface area (Å²) in [5.41, 5.74) is 5.41. The molecule has 4 nitrogen and oxygen atoms in total. The number of nitrogens with one attached hydrogen (secondary N) is 1. The van der Waals surface area contributed by atoms with Gasteiger partial charge in [-0.1, -0.05) is 0 Å². The smallest absolute Gasteiger partial charge is 0.125 e. The van der Waals surface area contributed by atoms with Gasteiger partial charge in [0.1, 0.15) is 5.75 Å². The molecule has 0 saturated heterocycles. The van der Waals surface area contributed by atoms with Crippen LogP contribution in [0.15, 0.2) is 23.6 Å². The molecule has 2 aromatic heterocycles. The number of H-pyrrole nitrogens is 1. The van der Waals surface area contributed by atoms with E-state index in [2.05, 4.69) is 15.2 Å². The molecule has 3 rings (SSSR count). The third-order valence-electron chi connectivity index (χ3n) is 3.36. The van der Waals surface area contributed by atoms with Gasteiger partial charge in [0.15, 0.2) is 0 Å². The molecule has 0 bridgehead atoms. The molecule has 20 heavy (non-hydrogen) atoms. The van der Waals surface area contributed by atoms with Crippen LogP contribution in [0.1, 0.15) is 16.1 Å². The highest BCUT2D eigenvalue weighted by Crippen LogP contribution is 2.32. The van der Waals surface area contributed by atoms with E-state index >= 15 is 0 Å². The van der Waals surface area contributed by atoms with E-state index in [1.54, 1.807) is 17.4 Å². The van der Waals surface area contributed by atoms with Gasteiger partial charge in [0.2, 0.25) is 0 Å². The molecule has 0 amide bonds. The second-order valence-corrected chi connectivity index (χ2v) is 5.93. The minimum atomic E-state index is 0.251. The maximum atomic E-state index is 10.1. The fourth-order valence-corrected chi connectivity index (χ4v) is 2.70. The molecule has 0 aliphatic carbocycles. The molecule has 0 unspecified atom stereocenters. The van der Waals surface area contributed by atoms with Gasteiger partial charge in [-0.25, -0.2) is 4.98 Å². The zero-order valence-corrected chi connectivity index (χ0v) is 12.4. The van der Waals surface area contributed by atoms with E-state index in [-0.39, 0.29) is 5.75 Å². The predicted octanol–water partition coefficient (Wildman–Crippen LogP) is 3.83. The lowest BCUT2D eigenvalue weighted by Gasteiger charge is -2.05. The van der Waals surface area contributed by atoms with Crippen molar-refractivity contribution in [2.24, 2.45) is 0 Å². The van der Waals surface area contributed by atoms with Crippen molar-refractivity contribution in [3.63, 3.8) is 0 Å². The van der Waals surface area contributed by atoms with Gasteiger partial charge in [0, 0.05) is 10.9 Å². The Morgan fingerprint density at radius 3 is 2.50 bits per heavy atom. The number of aromatic hydroxyl groups is 1. The quantitative estimate of drug-likeness (QED) is 0.752. The first-order valence-corrected chi connectivity index (χ1v) is 7.21. The second kappa shape index (κ2) is 4.76. The number of aryl methyl sites for hydroxylation is 3. The van der Waals surface area contributed by atoms with Gasteiger partial charge in [-0.2, -0.15) is 5.10 Å². The number of hydrogen-bond donors (Lipinski definition) is 2. The van der Waals surface area contributed by atoms with Crippen LogP contribution >= 0.6 is 11.3 Å². The number of phenols is 1.